The molecule has 0 amide bonds. The van der Waals surface area contributed by atoms with Crippen molar-refractivity contribution >= 4 is 11.8 Å². The van der Waals surface area contributed by atoms with E-state index >= 15 is 0 Å². The molecule has 0 aliphatic rings. The summed E-state index contributed by atoms with van der Waals surface area (Å²) in [6.07, 6.45) is 4.25. The van der Waals surface area contributed by atoms with Gasteiger partial charge in [0.1, 0.15) is 11.5 Å². The molecule has 0 atom stereocenters. The molecule has 0 aliphatic carbocycles. The van der Waals surface area contributed by atoms with E-state index in [-0.39, 0.29) is 0 Å². The van der Waals surface area contributed by atoms with E-state index in [2.05, 4.69) is 9.97 Å². The van der Waals surface area contributed by atoms with E-state index in [1.54, 1.807) is 12.4 Å². The van der Waals surface area contributed by atoms with Crippen LogP contribution >= 0.6 is 0 Å². The molecule has 0 fully saturated rings. The number of imidazole rings is 1. The Morgan fingerprint density at radius 2 is 2.11 bits per heavy atom. The molecule has 3 heterocycles. The van der Waals surface area contributed by atoms with E-state index in [1.807, 2.05) is 41.7 Å². The van der Waals surface area contributed by atoms with Crippen LogP contribution in [0.5, 0.6) is 0 Å². The highest BCUT2D eigenvalue weighted by Crippen LogP contribution is 2.22. The van der Waals surface area contributed by atoms with Gasteiger partial charge >= 0.3 is 0 Å². The van der Waals surface area contributed by atoms with Gasteiger partial charge in [0.15, 0.2) is 6.29 Å². The van der Waals surface area contributed by atoms with Crippen molar-refractivity contribution in [1.82, 2.24) is 14.4 Å². The van der Waals surface area contributed by atoms with Crippen LogP contribution < -0.4 is 0 Å². The predicted octanol–water partition coefficient (Wildman–Crippen LogP) is 2.52. The van der Waals surface area contributed by atoms with Crippen molar-refractivity contribution in [2.75, 3.05) is 0 Å². The third-order valence-corrected chi connectivity index (χ3v) is 2.92. The van der Waals surface area contributed by atoms with Gasteiger partial charge in [-0.15, -0.1) is 0 Å². The van der Waals surface area contributed by atoms with E-state index in [9.17, 15) is 4.79 Å². The van der Waals surface area contributed by atoms with Gasteiger partial charge in [-0.25, -0.2) is 4.98 Å². The average Bonchev–Trinajstić information content (AvgIpc) is 2.80. The molecule has 0 bridgehead atoms. The highest BCUT2D eigenvalue weighted by molar-refractivity contribution is 5.86. The first kappa shape index (κ1) is 10.7. The first-order valence-corrected chi connectivity index (χ1v) is 5.65. The first-order chi connectivity index (χ1) is 8.81. The van der Waals surface area contributed by atoms with Gasteiger partial charge in [0, 0.05) is 23.7 Å². The zero-order valence-corrected chi connectivity index (χ0v) is 9.87. The fraction of sp³-hybridized carbons (Fsp3) is 0.0714. The molecule has 0 N–H and O–H groups in total. The maximum Gasteiger partial charge on any atom is 0.170 e. The summed E-state index contributed by atoms with van der Waals surface area (Å²) < 4.78 is 1.97. The van der Waals surface area contributed by atoms with Crippen LogP contribution in [0.4, 0.5) is 0 Å². The summed E-state index contributed by atoms with van der Waals surface area (Å²) in [5.41, 5.74) is 3.21. The van der Waals surface area contributed by atoms with Crippen LogP contribution in [0.25, 0.3) is 16.9 Å². The number of aldehydes is 1. The van der Waals surface area contributed by atoms with Crippen LogP contribution in [0.15, 0.2) is 42.7 Å². The molecule has 0 unspecified atom stereocenters. The Balaban J connectivity index is 2.40. The number of carbonyl (C=O) groups excluding carboxylic acids is 1. The number of fused-ring (bicyclic) bond motifs is 1. The lowest BCUT2D eigenvalue weighted by Gasteiger charge is -2.04. The molecule has 0 saturated carbocycles. The Hall–Kier alpha value is -2.49. The average molecular weight is 237 g/mol. The summed E-state index contributed by atoms with van der Waals surface area (Å²) in [5.74, 6) is 0.748. The van der Waals surface area contributed by atoms with Gasteiger partial charge in [-0.2, -0.15) is 0 Å². The Kier molecular flexibility index (Phi) is 2.41. The minimum atomic E-state index is 0.456. The monoisotopic (exact) mass is 237 g/mol. The highest BCUT2D eigenvalue weighted by Gasteiger charge is 2.13. The molecular weight excluding hydrogens is 226 g/mol. The van der Waals surface area contributed by atoms with Gasteiger partial charge in [0.05, 0.1) is 5.52 Å². The summed E-state index contributed by atoms with van der Waals surface area (Å²) in [4.78, 5) is 19.6. The number of carbonyl (C=O) groups is 1. The minimum Gasteiger partial charge on any atom is -0.296 e. The topological polar surface area (TPSA) is 47.3 Å². The number of nitrogens with zero attached hydrogens (tertiary/aromatic N) is 3. The predicted molar refractivity (Wildman–Crippen MR) is 68.5 cm³/mol. The zero-order chi connectivity index (χ0) is 12.5. The van der Waals surface area contributed by atoms with Crippen LogP contribution in [0.3, 0.4) is 0 Å². The minimum absolute atomic E-state index is 0.456. The van der Waals surface area contributed by atoms with E-state index in [1.165, 1.54) is 0 Å². The number of rotatable bonds is 2. The number of aromatic nitrogens is 3. The standard InChI is InChI=1S/C14H11N3O/c1-10-4-2-6-13-12(9-18)16-14(17(10)13)11-5-3-7-15-8-11/h2-9H,1H3. The van der Waals surface area contributed by atoms with Crippen LogP contribution in [-0.2, 0) is 0 Å². The zero-order valence-electron chi connectivity index (χ0n) is 9.87. The van der Waals surface area contributed by atoms with Gasteiger partial charge in [-0.3, -0.25) is 14.2 Å². The van der Waals surface area contributed by atoms with Crippen molar-refractivity contribution < 1.29 is 4.79 Å². The van der Waals surface area contributed by atoms with E-state index in [0.29, 0.717) is 5.69 Å². The Bertz CT molecular complexity index is 716. The van der Waals surface area contributed by atoms with Crippen LogP contribution in [0.1, 0.15) is 16.2 Å². The molecule has 4 heteroatoms. The van der Waals surface area contributed by atoms with Gasteiger partial charge in [-0.05, 0) is 31.2 Å². The summed E-state index contributed by atoms with van der Waals surface area (Å²) in [5, 5.41) is 0. The summed E-state index contributed by atoms with van der Waals surface area (Å²) in [6.45, 7) is 1.99. The molecule has 0 aromatic carbocycles. The fourth-order valence-corrected chi connectivity index (χ4v) is 2.10. The van der Waals surface area contributed by atoms with Crippen molar-refractivity contribution in [3.05, 3.63) is 54.1 Å². The molecular formula is C14H11N3O. The molecule has 0 radical (unpaired) electrons. The van der Waals surface area contributed by atoms with Crippen LogP contribution in [0.2, 0.25) is 0 Å². The number of aryl methyl sites for hydroxylation is 1. The third kappa shape index (κ3) is 1.50. The van der Waals surface area contributed by atoms with Crippen molar-refractivity contribution in [2.45, 2.75) is 6.92 Å². The lowest BCUT2D eigenvalue weighted by atomic mass is 10.2. The molecule has 3 rings (SSSR count). The molecule has 3 aromatic rings. The number of hydrogen-bond donors (Lipinski definition) is 0. The summed E-state index contributed by atoms with van der Waals surface area (Å²) in [6, 6.07) is 9.59. The van der Waals surface area contributed by atoms with E-state index in [0.717, 1.165) is 28.9 Å². The Morgan fingerprint density at radius 1 is 1.22 bits per heavy atom. The van der Waals surface area contributed by atoms with E-state index in [4.69, 9.17) is 0 Å². The molecule has 3 aromatic heterocycles. The second-order valence-electron chi connectivity index (χ2n) is 4.07. The normalized spacial score (nSPS) is 10.7. The molecule has 0 saturated heterocycles. The lowest BCUT2D eigenvalue weighted by molar-refractivity contribution is 0.112. The molecule has 0 aliphatic heterocycles. The number of pyridine rings is 2. The van der Waals surface area contributed by atoms with Gasteiger partial charge < -0.3 is 0 Å². The van der Waals surface area contributed by atoms with Gasteiger partial charge in [0.25, 0.3) is 0 Å². The molecule has 88 valence electrons. The first-order valence-electron chi connectivity index (χ1n) is 5.65. The van der Waals surface area contributed by atoms with Crippen molar-refractivity contribution in [3.8, 4) is 11.4 Å². The van der Waals surface area contributed by atoms with Gasteiger partial charge in [0.2, 0.25) is 0 Å². The van der Waals surface area contributed by atoms with E-state index < -0.39 is 0 Å². The SMILES string of the molecule is Cc1cccc2c(C=O)nc(-c3cccnc3)n12. The maximum absolute atomic E-state index is 11.1. The third-order valence-electron chi connectivity index (χ3n) is 2.92. The summed E-state index contributed by atoms with van der Waals surface area (Å²) >= 11 is 0. The smallest absolute Gasteiger partial charge is 0.170 e. The quantitative estimate of drug-likeness (QED) is 0.643. The molecule has 4 nitrogen and oxygen atoms in total. The van der Waals surface area contributed by atoms with Crippen LogP contribution in [-0.4, -0.2) is 20.7 Å². The number of hydrogen-bond acceptors (Lipinski definition) is 3. The van der Waals surface area contributed by atoms with Gasteiger partial charge in [-0.1, -0.05) is 6.07 Å². The molecule has 0 spiro atoms. The lowest BCUT2D eigenvalue weighted by Crippen LogP contribution is -1.94. The molecule has 18 heavy (non-hydrogen) atoms. The van der Waals surface area contributed by atoms with Crippen LogP contribution in [0, 0.1) is 6.92 Å². The largest absolute Gasteiger partial charge is 0.296 e. The fourth-order valence-electron chi connectivity index (χ4n) is 2.10. The Labute approximate surface area is 104 Å². The van der Waals surface area contributed by atoms with Crippen molar-refractivity contribution in [3.63, 3.8) is 0 Å². The Morgan fingerprint density at radius 3 is 2.83 bits per heavy atom. The second-order valence-corrected chi connectivity index (χ2v) is 4.07. The summed E-state index contributed by atoms with van der Waals surface area (Å²) in [7, 11) is 0. The van der Waals surface area contributed by atoms with Crippen molar-refractivity contribution in [2.24, 2.45) is 0 Å². The maximum atomic E-state index is 11.1. The second kappa shape index (κ2) is 4.07. The van der Waals surface area contributed by atoms with Crippen molar-refractivity contribution in [1.29, 1.82) is 0 Å². The highest BCUT2D eigenvalue weighted by atomic mass is 16.1.